The average molecular weight is 557 g/mol. The lowest BCUT2D eigenvalue weighted by molar-refractivity contribution is -0.140. The van der Waals surface area contributed by atoms with Gasteiger partial charge in [-0.3, -0.25) is 13.9 Å². The zero-order valence-corrected chi connectivity index (χ0v) is 23.6. The lowest BCUT2D eigenvalue weighted by Gasteiger charge is -2.29. The van der Waals surface area contributed by atoms with Crippen LogP contribution < -0.4 is 9.62 Å². The van der Waals surface area contributed by atoms with Gasteiger partial charge in [-0.1, -0.05) is 55.2 Å². The molecule has 0 unspecified atom stereocenters. The monoisotopic (exact) mass is 555 g/mol. The zero-order valence-electron chi connectivity index (χ0n) is 21.3. The molecule has 0 saturated carbocycles. The van der Waals surface area contributed by atoms with Crippen LogP contribution in [-0.4, -0.2) is 50.5 Å². The largest absolute Gasteiger partial charge is 0.354 e. The Morgan fingerprint density at radius 1 is 1.06 bits per heavy atom. The van der Waals surface area contributed by atoms with Gasteiger partial charge in [-0.25, -0.2) is 8.42 Å². The van der Waals surface area contributed by atoms with E-state index >= 15 is 0 Å². The molecule has 0 spiro atoms. The predicted molar refractivity (Wildman–Crippen MR) is 147 cm³/mol. The topological polar surface area (TPSA) is 86.8 Å². The summed E-state index contributed by atoms with van der Waals surface area (Å²) in [5, 5.41) is 3.71. The molecule has 36 heavy (non-hydrogen) atoms. The maximum Gasteiger partial charge on any atom is 0.242 e. The van der Waals surface area contributed by atoms with Crippen molar-refractivity contribution in [3.05, 3.63) is 63.6 Å². The maximum atomic E-state index is 13.3. The summed E-state index contributed by atoms with van der Waals surface area (Å²) in [5.74, 6) is -0.529. The Labute approximate surface area is 224 Å². The van der Waals surface area contributed by atoms with E-state index in [4.69, 9.17) is 23.2 Å². The zero-order chi connectivity index (χ0) is 26.9. The third-order valence-electron chi connectivity index (χ3n) is 5.86. The fourth-order valence-corrected chi connectivity index (χ4v) is 5.15. The van der Waals surface area contributed by atoms with Crippen LogP contribution in [-0.2, 0) is 32.6 Å². The number of halogens is 2. The normalized spacial score (nSPS) is 12.2. The van der Waals surface area contributed by atoms with Gasteiger partial charge in [-0.2, -0.15) is 0 Å². The number of hydrogen-bond acceptors (Lipinski definition) is 4. The van der Waals surface area contributed by atoms with Crippen LogP contribution >= 0.6 is 23.2 Å². The average Bonchev–Trinajstić information content (AvgIpc) is 2.83. The van der Waals surface area contributed by atoms with E-state index < -0.39 is 16.1 Å². The molecule has 1 atom stereocenters. The Bertz CT molecular complexity index is 1140. The fourth-order valence-electron chi connectivity index (χ4n) is 3.71. The molecule has 0 radical (unpaired) electrons. The Balaban J connectivity index is 2.18. The van der Waals surface area contributed by atoms with E-state index in [1.54, 1.807) is 37.3 Å². The predicted octanol–water partition coefficient (Wildman–Crippen LogP) is 5.05. The molecule has 10 heteroatoms. The van der Waals surface area contributed by atoms with Crippen LogP contribution in [0.25, 0.3) is 0 Å². The van der Waals surface area contributed by atoms with Crippen LogP contribution in [0.5, 0.6) is 0 Å². The Kier molecular flexibility index (Phi) is 11.5. The molecule has 2 rings (SSSR count). The van der Waals surface area contributed by atoms with Crippen LogP contribution in [0.3, 0.4) is 0 Å². The van der Waals surface area contributed by atoms with Gasteiger partial charge in [0.05, 0.1) is 11.9 Å². The van der Waals surface area contributed by atoms with Gasteiger partial charge in [-0.05, 0) is 61.6 Å². The molecular formula is C26H35Cl2N3O4S. The van der Waals surface area contributed by atoms with Gasteiger partial charge in [-0.15, -0.1) is 0 Å². The Morgan fingerprint density at radius 3 is 2.28 bits per heavy atom. The van der Waals surface area contributed by atoms with Crippen molar-refractivity contribution in [3.63, 3.8) is 0 Å². The van der Waals surface area contributed by atoms with E-state index in [-0.39, 0.29) is 37.7 Å². The quantitative estimate of drug-likeness (QED) is 0.374. The van der Waals surface area contributed by atoms with E-state index in [2.05, 4.69) is 5.32 Å². The molecule has 0 fully saturated rings. The summed E-state index contributed by atoms with van der Waals surface area (Å²) in [6.45, 7) is 6.43. The highest BCUT2D eigenvalue weighted by molar-refractivity contribution is 7.92. The standard InChI is InChI=1S/C26H35Cl2N3O4S/c1-5-15-29-26(33)19(3)30(18-21-11-12-22(27)17-24(21)28)25(32)8-7-16-31(36(4,34)35)23-13-9-20(6-2)10-14-23/h9-14,17,19H,5-8,15-16,18H2,1-4H3,(H,29,33)/t19-/m1/s1. The molecule has 0 heterocycles. The number of carbonyl (C=O) groups excluding carboxylic acids is 2. The number of amides is 2. The molecule has 0 aliphatic carbocycles. The van der Waals surface area contributed by atoms with Gasteiger partial charge in [0.15, 0.2) is 0 Å². The second-order valence-electron chi connectivity index (χ2n) is 8.68. The van der Waals surface area contributed by atoms with Gasteiger partial charge in [0.1, 0.15) is 6.04 Å². The lowest BCUT2D eigenvalue weighted by atomic mass is 10.1. The third-order valence-corrected chi connectivity index (χ3v) is 7.64. The SMILES string of the molecule is CCCNC(=O)[C@@H](C)N(Cc1ccc(Cl)cc1Cl)C(=O)CCCN(c1ccc(CC)cc1)S(C)(=O)=O. The van der Waals surface area contributed by atoms with Crippen LogP contribution in [0, 0.1) is 0 Å². The highest BCUT2D eigenvalue weighted by atomic mass is 35.5. The number of nitrogens with one attached hydrogen (secondary N) is 1. The minimum atomic E-state index is -3.54. The number of nitrogens with zero attached hydrogens (tertiary/aromatic N) is 2. The molecule has 1 N–H and O–H groups in total. The van der Waals surface area contributed by atoms with Gasteiger partial charge >= 0.3 is 0 Å². The van der Waals surface area contributed by atoms with Crippen molar-refractivity contribution in [2.24, 2.45) is 0 Å². The smallest absolute Gasteiger partial charge is 0.242 e. The lowest BCUT2D eigenvalue weighted by Crippen LogP contribution is -2.48. The van der Waals surface area contributed by atoms with Gasteiger partial charge in [0.2, 0.25) is 21.8 Å². The number of carbonyl (C=O) groups is 2. The number of aryl methyl sites for hydroxylation is 1. The number of rotatable bonds is 13. The fraction of sp³-hybridized carbons (Fsp3) is 0.462. The third kappa shape index (κ3) is 8.68. The minimum Gasteiger partial charge on any atom is -0.354 e. The first kappa shape index (κ1) is 29.9. The minimum absolute atomic E-state index is 0.0651. The summed E-state index contributed by atoms with van der Waals surface area (Å²) in [4.78, 5) is 27.5. The van der Waals surface area contributed by atoms with Crippen molar-refractivity contribution < 1.29 is 18.0 Å². The van der Waals surface area contributed by atoms with E-state index in [9.17, 15) is 18.0 Å². The van der Waals surface area contributed by atoms with Crippen molar-refractivity contribution in [3.8, 4) is 0 Å². The summed E-state index contributed by atoms with van der Waals surface area (Å²) in [7, 11) is -3.54. The van der Waals surface area contributed by atoms with Crippen molar-refractivity contribution in [1.29, 1.82) is 0 Å². The first-order chi connectivity index (χ1) is 17.0. The molecule has 2 amide bonds. The molecule has 2 aromatic carbocycles. The van der Waals surface area contributed by atoms with Crippen molar-refractivity contribution in [1.82, 2.24) is 10.2 Å². The number of sulfonamides is 1. The number of benzene rings is 2. The van der Waals surface area contributed by atoms with Crippen LogP contribution in [0.2, 0.25) is 10.0 Å². The molecule has 0 aliphatic heterocycles. The molecule has 198 valence electrons. The van der Waals surface area contributed by atoms with E-state index in [0.717, 1.165) is 24.7 Å². The molecule has 2 aromatic rings. The van der Waals surface area contributed by atoms with Crippen molar-refractivity contribution in [2.45, 2.75) is 59.0 Å². The first-order valence-corrected chi connectivity index (χ1v) is 14.7. The highest BCUT2D eigenvalue weighted by Crippen LogP contribution is 2.24. The molecule has 0 saturated heterocycles. The van der Waals surface area contributed by atoms with Crippen LogP contribution in [0.15, 0.2) is 42.5 Å². The van der Waals surface area contributed by atoms with E-state index in [0.29, 0.717) is 27.8 Å². The highest BCUT2D eigenvalue weighted by Gasteiger charge is 2.27. The number of hydrogen-bond donors (Lipinski definition) is 1. The molecule has 0 bridgehead atoms. The summed E-state index contributed by atoms with van der Waals surface area (Å²) < 4.78 is 26.2. The van der Waals surface area contributed by atoms with Gasteiger partial charge in [0.25, 0.3) is 0 Å². The summed E-state index contributed by atoms with van der Waals surface area (Å²) in [5.41, 5.74) is 2.33. The van der Waals surface area contributed by atoms with Gasteiger partial charge in [0, 0.05) is 36.1 Å². The summed E-state index contributed by atoms with van der Waals surface area (Å²) in [6.07, 6.45) is 3.13. The molecule has 0 aliphatic rings. The Hall–Kier alpha value is -2.29. The Morgan fingerprint density at radius 2 is 1.72 bits per heavy atom. The number of anilines is 1. The first-order valence-electron chi connectivity index (χ1n) is 12.1. The summed E-state index contributed by atoms with van der Waals surface area (Å²) in [6, 6.07) is 11.6. The maximum absolute atomic E-state index is 13.3. The van der Waals surface area contributed by atoms with Gasteiger partial charge < -0.3 is 10.2 Å². The second kappa shape index (κ2) is 13.9. The second-order valence-corrected chi connectivity index (χ2v) is 11.4. The van der Waals surface area contributed by atoms with E-state index in [1.165, 1.54) is 9.21 Å². The molecular weight excluding hydrogens is 521 g/mol. The van der Waals surface area contributed by atoms with Crippen LogP contribution in [0.1, 0.15) is 51.2 Å². The van der Waals surface area contributed by atoms with E-state index in [1.807, 2.05) is 26.0 Å². The van der Waals surface area contributed by atoms with Crippen LogP contribution in [0.4, 0.5) is 5.69 Å². The summed E-state index contributed by atoms with van der Waals surface area (Å²) >= 11 is 12.3. The molecule has 0 aromatic heterocycles. The van der Waals surface area contributed by atoms with Crippen molar-refractivity contribution in [2.75, 3.05) is 23.7 Å². The van der Waals surface area contributed by atoms with Crippen molar-refractivity contribution >= 4 is 50.7 Å². The molecule has 7 nitrogen and oxygen atoms in total.